The minimum atomic E-state index is -0.0295. The van der Waals surface area contributed by atoms with Crippen LogP contribution in [0.4, 0.5) is 0 Å². The smallest absolute Gasteiger partial charge is 0.306 e. The predicted molar refractivity (Wildman–Crippen MR) is 101 cm³/mol. The van der Waals surface area contributed by atoms with Crippen LogP contribution in [-0.2, 0) is 9.53 Å². The van der Waals surface area contributed by atoms with Crippen LogP contribution >= 0.6 is 0 Å². The van der Waals surface area contributed by atoms with E-state index < -0.39 is 0 Å². The van der Waals surface area contributed by atoms with Crippen molar-refractivity contribution in [2.45, 2.75) is 103 Å². The first-order chi connectivity index (χ1) is 11.7. The summed E-state index contributed by atoms with van der Waals surface area (Å²) >= 11 is 0. The third-order valence-electron chi connectivity index (χ3n) is 4.32. The summed E-state index contributed by atoms with van der Waals surface area (Å²) < 4.78 is 5.48. The molecule has 0 aliphatic carbocycles. The Morgan fingerprint density at radius 3 is 2.25 bits per heavy atom. The van der Waals surface area contributed by atoms with Gasteiger partial charge in [-0.3, -0.25) is 4.79 Å². The number of aliphatic hydroxyl groups excluding tert-OH is 1. The molecule has 2 N–H and O–H groups in total. The Hall–Kier alpha value is -0.610. The number of rotatable bonds is 18. The van der Waals surface area contributed by atoms with Gasteiger partial charge in [0.15, 0.2) is 0 Å². The maximum atomic E-state index is 11.8. The second-order valence-electron chi connectivity index (χ2n) is 6.85. The Morgan fingerprint density at radius 2 is 1.54 bits per heavy atom. The number of hydrogen-bond acceptors (Lipinski definition) is 4. The van der Waals surface area contributed by atoms with Crippen LogP contribution in [0.25, 0.3) is 0 Å². The van der Waals surface area contributed by atoms with Crippen LogP contribution in [0.3, 0.4) is 0 Å². The highest BCUT2D eigenvalue weighted by atomic mass is 16.5. The molecule has 0 aliphatic heterocycles. The number of ether oxygens (including phenoxy) is 1. The van der Waals surface area contributed by atoms with E-state index in [9.17, 15) is 4.79 Å². The molecule has 0 aliphatic rings. The van der Waals surface area contributed by atoms with Crippen LogP contribution in [-0.4, -0.2) is 36.9 Å². The molecule has 0 aromatic rings. The van der Waals surface area contributed by atoms with Gasteiger partial charge in [-0.15, -0.1) is 0 Å². The molecule has 0 amide bonds. The van der Waals surface area contributed by atoms with Crippen molar-refractivity contribution in [3.63, 3.8) is 0 Å². The van der Waals surface area contributed by atoms with Crippen LogP contribution in [0.15, 0.2) is 0 Å². The maximum absolute atomic E-state index is 11.8. The van der Waals surface area contributed by atoms with E-state index in [1.165, 1.54) is 51.4 Å². The van der Waals surface area contributed by atoms with Gasteiger partial charge < -0.3 is 15.2 Å². The maximum Gasteiger partial charge on any atom is 0.306 e. The van der Waals surface area contributed by atoms with Gasteiger partial charge >= 0.3 is 5.97 Å². The summed E-state index contributed by atoms with van der Waals surface area (Å²) in [6.07, 6.45) is 14.8. The van der Waals surface area contributed by atoms with Gasteiger partial charge in [0.05, 0.1) is 12.7 Å². The number of esters is 1. The Bertz CT molecular complexity index is 272. The fourth-order valence-corrected chi connectivity index (χ4v) is 2.81. The summed E-state index contributed by atoms with van der Waals surface area (Å²) in [7, 11) is 0. The Balaban J connectivity index is 3.32. The molecule has 4 nitrogen and oxygen atoms in total. The molecule has 0 fully saturated rings. The molecule has 0 spiro atoms. The average molecular weight is 344 g/mol. The highest BCUT2D eigenvalue weighted by Gasteiger charge is 2.08. The van der Waals surface area contributed by atoms with E-state index in [-0.39, 0.29) is 18.7 Å². The topological polar surface area (TPSA) is 58.6 Å². The van der Waals surface area contributed by atoms with Crippen molar-refractivity contribution >= 4 is 5.97 Å². The fraction of sp³-hybridized carbons (Fsp3) is 0.950. The van der Waals surface area contributed by atoms with E-state index >= 15 is 0 Å². The largest absolute Gasteiger partial charge is 0.463 e. The third-order valence-corrected chi connectivity index (χ3v) is 4.32. The predicted octanol–water partition coefficient (Wildman–Crippen LogP) is 4.59. The minimum Gasteiger partial charge on any atom is -0.463 e. The van der Waals surface area contributed by atoms with E-state index in [1.54, 1.807) is 0 Å². The minimum absolute atomic E-state index is 0.0295. The fourth-order valence-electron chi connectivity index (χ4n) is 2.81. The van der Waals surface area contributed by atoms with Crippen molar-refractivity contribution in [2.75, 3.05) is 19.7 Å². The van der Waals surface area contributed by atoms with Gasteiger partial charge in [-0.1, -0.05) is 58.3 Å². The normalized spacial score (nSPS) is 12.3. The van der Waals surface area contributed by atoms with Crippen molar-refractivity contribution < 1.29 is 14.6 Å². The summed E-state index contributed by atoms with van der Waals surface area (Å²) in [6.45, 7) is 6.11. The van der Waals surface area contributed by atoms with Gasteiger partial charge in [0, 0.05) is 13.0 Å². The summed E-state index contributed by atoms with van der Waals surface area (Å²) in [5.41, 5.74) is 0. The molecule has 24 heavy (non-hydrogen) atoms. The zero-order chi connectivity index (χ0) is 17.9. The molecule has 0 saturated heterocycles. The number of aliphatic hydroxyl groups is 1. The van der Waals surface area contributed by atoms with Crippen molar-refractivity contribution in [1.29, 1.82) is 0 Å². The Labute approximate surface area is 149 Å². The van der Waals surface area contributed by atoms with Crippen molar-refractivity contribution in [1.82, 2.24) is 5.32 Å². The molecule has 0 aromatic heterocycles. The standard InChI is InChI=1S/C20H41NO3/c1-3-4-5-6-8-11-14-19(2)24-20(23)15-12-9-7-10-13-16-21-17-18-22/h19,21-22H,3-18H2,1-2H3. The van der Waals surface area contributed by atoms with Crippen LogP contribution < -0.4 is 5.32 Å². The summed E-state index contributed by atoms with van der Waals surface area (Å²) in [6, 6.07) is 0. The van der Waals surface area contributed by atoms with Crippen molar-refractivity contribution in [3.8, 4) is 0 Å². The van der Waals surface area contributed by atoms with Gasteiger partial charge in [0.25, 0.3) is 0 Å². The lowest BCUT2D eigenvalue weighted by Gasteiger charge is -2.13. The number of unbranched alkanes of at least 4 members (excludes halogenated alkanes) is 9. The van der Waals surface area contributed by atoms with E-state index in [0.29, 0.717) is 13.0 Å². The lowest BCUT2D eigenvalue weighted by Crippen LogP contribution is -2.19. The Morgan fingerprint density at radius 1 is 0.917 bits per heavy atom. The molecule has 0 rings (SSSR count). The summed E-state index contributed by atoms with van der Waals surface area (Å²) in [5, 5.41) is 11.8. The quantitative estimate of drug-likeness (QED) is 0.282. The molecule has 0 heterocycles. The highest BCUT2D eigenvalue weighted by molar-refractivity contribution is 5.69. The first-order valence-electron chi connectivity index (χ1n) is 10.2. The van der Waals surface area contributed by atoms with E-state index in [2.05, 4.69) is 12.2 Å². The third kappa shape index (κ3) is 17.7. The van der Waals surface area contributed by atoms with E-state index in [0.717, 1.165) is 32.2 Å². The van der Waals surface area contributed by atoms with Gasteiger partial charge in [0.1, 0.15) is 0 Å². The van der Waals surface area contributed by atoms with Crippen molar-refractivity contribution in [3.05, 3.63) is 0 Å². The van der Waals surface area contributed by atoms with Gasteiger partial charge in [-0.25, -0.2) is 0 Å². The molecule has 4 heteroatoms. The van der Waals surface area contributed by atoms with E-state index in [1.807, 2.05) is 6.92 Å². The number of carbonyl (C=O) groups excluding carboxylic acids is 1. The van der Waals surface area contributed by atoms with Gasteiger partial charge in [-0.05, 0) is 39.2 Å². The van der Waals surface area contributed by atoms with Crippen LogP contribution in [0.2, 0.25) is 0 Å². The number of nitrogens with one attached hydrogen (secondary N) is 1. The van der Waals surface area contributed by atoms with Gasteiger partial charge in [-0.2, -0.15) is 0 Å². The first kappa shape index (κ1) is 23.4. The highest BCUT2D eigenvalue weighted by Crippen LogP contribution is 2.12. The lowest BCUT2D eigenvalue weighted by atomic mass is 10.1. The van der Waals surface area contributed by atoms with E-state index in [4.69, 9.17) is 9.84 Å². The first-order valence-corrected chi connectivity index (χ1v) is 10.2. The molecule has 144 valence electrons. The van der Waals surface area contributed by atoms with Crippen LogP contribution in [0.5, 0.6) is 0 Å². The molecule has 0 aromatic carbocycles. The summed E-state index contributed by atoms with van der Waals surface area (Å²) in [4.78, 5) is 11.8. The van der Waals surface area contributed by atoms with Crippen LogP contribution in [0, 0.1) is 0 Å². The monoisotopic (exact) mass is 343 g/mol. The number of carbonyl (C=O) groups is 1. The zero-order valence-corrected chi connectivity index (χ0v) is 16.2. The molecule has 0 saturated carbocycles. The molecule has 1 unspecified atom stereocenters. The Kier molecular flexibility index (Phi) is 18.2. The molecule has 0 bridgehead atoms. The SMILES string of the molecule is CCCCCCCCC(C)OC(=O)CCCCCCCNCCO. The molecular formula is C20H41NO3. The molecular weight excluding hydrogens is 302 g/mol. The van der Waals surface area contributed by atoms with Gasteiger partial charge in [0.2, 0.25) is 0 Å². The van der Waals surface area contributed by atoms with Crippen LogP contribution in [0.1, 0.15) is 97.3 Å². The molecule has 1 atom stereocenters. The van der Waals surface area contributed by atoms with Crippen molar-refractivity contribution in [2.24, 2.45) is 0 Å². The second kappa shape index (κ2) is 18.7. The number of hydrogen-bond donors (Lipinski definition) is 2. The zero-order valence-electron chi connectivity index (χ0n) is 16.2. The summed E-state index contributed by atoms with van der Waals surface area (Å²) in [5.74, 6) is -0.0295. The average Bonchev–Trinajstić information content (AvgIpc) is 2.56. The second-order valence-corrected chi connectivity index (χ2v) is 6.85. The molecule has 0 radical (unpaired) electrons. The lowest BCUT2D eigenvalue weighted by molar-refractivity contribution is -0.148.